The molecule has 8 aromatic carbocycles. The third-order valence-electron chi connectivity index (χ3n) is 14.0. The lowest BCUT2D eigenvalue weighted by atomic mass is 9.73. The first-order valence-electron chi connectivity index (χ1n) is 21.2. The quantitative estimate of drug-likeness (QED) is 0.168. The number of aromatic nitrogens is 1. The maximum Gasteiger partial charge on any atom is 0.160 e. The van der Waals surface area contributed by atoms with E-state index in [1.54, 1.807) is 0 Å². The molecule has 0 aliphatic heterocycles. The fourth-order valence-corrected chi connectivity index (χ4v) is 11.3. The molecule has 2 aliphatic rings. The fourth-order valence-electron chi connectivity index (χ4n) is 11.3. The van der Waals surface area contributed by atoms with Crippen LogP contribution in [-0.4, -0.2) is 4.57 Å². The van der Waals surface area contributed by atoms with Gasteiger partial charge in [0.05, 0.1) is 16.9 Å². The summed E-state index contributed by atoms with van der Waals surface area (Å²) in [5, 5.41) is 6.19. The van der Waals surface area contributed by atoms with Crippen LogP contribution < -0.4 is 4.90 Å². The average molecular weight is 761 g/mol. The van der Waals surface area contributed by atoms with Crippen molar-refractivity contribution in [2.75, 3.05) is 4.90 Å². The van der Waals surface area contributed by atoms with Crippen molar-refractivity contribution in [3.8, 4) is 28.1 Å². The molecular formula is C56H44N2O. The van der Waals surface area contributed by atoms with E-state index in [1.807, 2.05) is 0 Å². The summed E-state index contributed by atoms with van der Waals surface area (Å²) < 4.78 is 9.61. The van der Waals surface area contributed by atoms with Crippen molar-refractivity contribution in [2.45, 2.75) is 51.4 Å². The van der Waals surface area contributed by atoms with Crippen molar-refractivity contribution in [3.05, 3.63) is 192 Å². The predicted molar refractivity (Wildman–Crippen MR) is 247 cm³/mol. The van der Waals surface area contributed by atoms with Gasteiger partial charge >= 0.3 is 0 Å². The summed E-state index contributed by atoms with van der Waals surface area (Å²) >= 11 is 0. The second-order valence-electron chi connectivity index (χ2n) is 17.1. The lowest BCUT2D eigenvalue weighted by molar-refractivity contribution is 0.490. The SMILES string of the molecule is CCC1(CC)c2ccccc2-c2c1cc(N(c1ccccc1)c1ccc3c4c(n(-c5ccccc5)c3c1)-c1c(ccc3ccccc13)C4(C)C)c1oc3ccccc3c21. The number of fused-ring (bicyclic) bond motifs is 14. The zero-order valence-corrected chi connectivity index (χ0v) is 33.9. The Labute approximate surface area is 344 Å². The summed E-state index contributed by atoms with van der Waals surface area (Å²) in [6, 6.07) is 62.6. The predicted octanol–water partition coefficient (Wildman–Crippen LogP) is 15.5. The van der Waals surface area contributed by atoms with E-state index in [4.69, 9.17) is 4.42 Å². The van der Waals surface area contributed by atoms with Crippen LogP contribution >= 0.6 is 0 Å². The Kier molecular flexibility index (Phi) is 7.15. The third kappa shape index (κ3) is 4.48. The highest BCUT2D eigenvalue weighted by atomic mass is 16.3. The van der Waals surface area contributed by atoms with Gasteiger partial charge in [-0.25, -0.2) is 0 Å². The van der Waals surface area contributed by atoms with E-state index < -0.39 is 0 Å². The van der Waals surface area contributed by atoms with Crippen LogP contribution in [0.15, 0.2) is 174 Å². The Bertz CT molecular complexity index is 3330. The average Bonchev–Trinajstić information content (AvgIpc) is 3.98. The van der Waals surface area contributed by atoms with Gasteiger partial charge in [0, 0.05) is 49.6 Å². The van der Waals surface area contributed by atoms with E-state index in [1.165, 1.54) is 71.7 Å². The molecule has 0 N–H and O–H groups in total. The molecule has 0 amide bonds. The molecule has 3 nitrogen and oxygen atoms in total. The van der Waals surface area contributed by atoms with Crippen molar-refractivity contribution in [1.29, 1.82) is 0 Å². The third-order valence-corrected chi connectivity index (χ3v) is 14.0. The topological polar surface area (TPSA) is 21.3 Å². The van der Waals surface area contributed by atoms with Crippen LogP contribution in [0.2, 0.25) is 0 Å². The van der Waals surface area contributed by atoms with Crippen LogP contribution in [-0.2, 0) is 10.8 Å². The van der Waals surface area contributed by atoms with E-state index in [2.05, 4.69) is 207 Å². The van der Waals surface area contributed by atoms with Crippen molar-refractivity contribution in [3.63, 3.8) is 0 Å². The van der Waals surface area contributed by atoms with Crippen LogP contribution in [0.1, 0.15) is 62.8 Å². The van der Waals surface area contributed by atoms with E-state index in [-0.39, 0.29) is 10.8 Å². The van der Waals surface area contributed by atoms with Crippen LogP contribution in [0.5, 0.6) is 0 Å². The minimum atomic E-state index is -0.202. The number of furan rings is 1. The van der Waals surface area contributed by atoms with Gasteiger partial charge in [-0.3, -0.25) is 0 Å². The summed E-state index contributed by atoms with van der Waals surface area (Å²) in [5.41, 5.74) is 17.9. The number of hydrogen-bond acceptors (Lipinski definition) is 2. The molecule has 59 heavy (non-hydrogen) atoms. The monoisotopic (exact) mass is 760 g/mol. The highest BCUT2D eigenvalue weighted by Crippen LogP contribution is 2.60. The first-order chi connectivity index (χ1) is 28.9. The van der Waals surface area contributed by atoms with Crippen LogP contribution in [0.3, 0.4) is 0 Å². The minimum Gasteiger partial charge on any atom is -0.454 e. The van der Waals surface area contributed by atoms with Crippen molar-refractivity contribution < 1.29 is 4.42 Å². The number of hydrogen-bond donors (Lipinski definition) is 0. The maximum atomic E-state index is 7.07. The molecule has 3 heteroatoms. The molecule has 0 bridgehead atoms. The summed E-state index contributed by atoms with van der Waals surface area (Å²) in [6.45, 7) is 9.52. The minimum absolute atomic E-state index is 0.121. The van der Waals surface area contributed by atoms with Gasteiger partial charge in [-0.15, -0.1) is 0 Å². The molecule has 0 saturated carbocycles. The maximum absolute atomic E-state index is 7.07. The van der Waals surface area contributed by atoms with Crippen LogP contribution in [0.25, 0.3) is 71.7 Å². The summed E-state index contributed by atoms with van der Waals surface area (Å²) in [7, 11) is 0. The van der Waals surface area contributed by atoms with Crippen molar-refractivity contribution >= 4 is 60.7 Å². The van der Waals surface area contributed by atoms with E-state index in [9.17, 15) is 0 Å². The molecule has 12 rings (SSSR count). The second kappa shape index (κ2) is 12.3. The molecule has 10 aromatic rings. The zero-order chi connectivity index (χ0) is 39.6. The molecule has 0 radical (unpaired) electrons. The molecule has 2 heterocycles. The number of rotatable bonds is 6. The first-order valence-corrected chi connectivity index (χ1v) is 21.2. The molecule has 0 fully saturated rings. The van der Waals surface area contributed by atoms with Gasteiger partial charge in [0.2, 0.25) is 0 Å². The van der Waals surface area contributed by atoms with E-state index >= 15 is 0 Å². The normalized spacial score (nSPS) is 14.5. The molecule has 0 atom stereocenters. The molecule has 2 aliphatic carbocycles. The Morgan fingerprint density at radius 2 is 1.25 bits per heavy atom. The number of nitrogens with zero attached hydrogens (tertiary/aromatic N) is 2. The van der Waals surface area contributed by atoms with Gasteiger partial charge in [-0.05, 0) is 106 Å². The second-order valence-corrected chi connectivity index (χ2v) is 17.1. The lowest BCUT2D eigenvalue weighted by Gasteiger charge is -2.32. The number of benzene rings is 8. The molecular weight excluding hydrogens is 717 g/mol. The van der Waals surface area contributed by atoms with Gasteiger partial charge in [-0.2, -0.15) is 0 Å². The van der Waals surface area contributed by atoms with Gasteiger partial charge in [-0.1, -0.05) is 149 Å². The van der Waals surface area contributed by atoms with Crippen LogP contribution in [0.4, 0.5) is 17.1 Å². The van der Waals surface area contributed by atoms with Gasteiger partial charge in [0.1, 0.15) is 5.58 Å². The number of anilines is 3. The van der Waals surface area contributed by atoms with Gasteiger partial charge in [0.15, 0.2) is 5.58 Å². The van der Waals surface area contributed by atoms with Gasteiger partial charge in [0.25, 0.3) is 0 Å². The molecule has 2 aromatic heterocycles. The summed E-state index contributed by atoms with van der Waals surface area (Å²) in [4.78, 5) is 2.45. The Balaban J connectivity index is 1.20. The smallest absolute Gasteiger partial charge is 0.160 e. The fraction of sp³-hybridized carbons (Fsp3) is 0.143. The Morgan fingerprint density at radius 3 is 2.05 bits per heavy atom. The zero-order valence-electron chi connectivity index (χ0n) is 33.9. The molecule has 0 spiro atoms. The standard InChI is InChI=1S/C56H44N2O/c1-5-56(6-2)43-27-17-15-25-40(43)49-45(56)34-47(54-51(49)42-26-16-18-28-48(42)59-54)57(36-20-9-7-10-21-36)38-30-31-41-46(33-38)58(37-22-11-8-12-23-37)53-50-39-24-14-13-19-35(39)29-32-44(50)55(3,4)52(41)53/h7-34H,5-6H2,1-4H3. The Morgan fingerprint density at radius 1 is 0.559 bits per heavy atom. The highest BCUT2D eigenvalue weighted by molar-refractivity contribution is 6.19. The lowest BCUT2D eigenvalue weighted by Crippen LogP contribution is -2.23. The Hall–Kier alpha value is -6.84. The highest BCUT2D eigenvalue weighted by Gasteiger charge is 2.44. The molecule has 0 unspecified atom stereocenters. The largest absolute Gasteiger partial charge is 0.454 e. The molecule has 284 valence electrons. The summed E-state index contributed by atoms with van der Waals surface area (Å²) in [6.07, 6.45) is 2.02. The molecule has 0 saturated heterocycles. The van der Waals surface area contributed by atoms with E-state index in [0.29, 0.717) is 0 Å². The van der Waals surface area contributed by atoms with Crippen molar-refractivity contribution in [1.82, 2.24) is 4.57 Å². The first kappa shape index (κ1) is 34.2. The van der Waals surface area contributed by atoms with Crippen LogP contribution in [0, 0.1) is 0 Å². The van der Waals surface area contributed by atoms with Crippen molar-refractivity contribution in [2.24, 2.45) is 0 Å². The van der Waals surface area contributed by atoms with Gasteiger partial charge < -0.3 is 13.9 Å². The van der Waals surface area contributed by atoms with E-state index in [0.717, 1.165) is 52.1 Å². The summed E-state index contributed by atoms with van der Waals surface area (Å²) in [5.74, 6) is 0. The number of para-hydroxylation sites is 3.